The number of benzene rings is 2. The average Bonchev–Trinajstić information content (AvgIpc) is 3.75. The van der Waals surface area contributed by atoms with Crippen molar-refractivity contribution in [3.63, 3.8) is 0 Å². The van der Waals surface area contributed by atoms with Crippen LogP contribution in [-0.4, -0.2) is 66.8 Å². The minimum absolute atomic E-state index is 0.136. The predicted octanol–water partition coefficient (Wildman–Crippen LogP) is 4.97. The van der Waals surface area contributed by atoms with Gasteiger partial charge in [0.2, 0.25) is 0 Å². The molecule has 0 bridgehead atoms. The first kappa shape index (κ1) is 27.3. The van der Waals surface area contributed by atoms with Crippen LogP contribution < -0.4 is 5.48 Å². The summed E-state index contributed by atoms with van der Waals surface area (Å²) in [7, 11) is 0. The van der Waals surface area contributed by atoms with E-state index in [9.17, 15) is 4.79 Å². The van der Waals surface area contributed by atoms with E-state index in [1.54, 1.807) is 0 Å². The fraction of sp³-hybridized carbons (Fsp3) is 0.414. The third-order valence-electron chi connectivity index (χ3n) is 6.34. The van der Waals surface area contributed by atoms with Crippen LogP contribution >= 0.6 is 0 Å². The van der Waals surface area contributed by atoms with Crippen LogP contribution in [-0.2, 0) is 9.63 Å². The van der Waals surface area contributed by atoms with Crippen LogP contribution in [0.3, 0.4) is 0 Å². The lowest BCUT2D eigenvalue weighted by Gasteiger charge is -2.34. The first-order chi connectivity index (χ1) is 17.6. The Bertz CT molecular complexity index is 1070. The summed E-state index contributed by atoms with van der Waals surface area (Å²) >= 11 is 0. The molecule has 0 atom stereocenters. The number of anilines is 1. The molecule has 2 aliphatic rings. The summed E-state index contributed by atoms with van der Waals surface area (Å²) in [6, 6.07) is 17.8. The zero-order valence-electron chi connectivity index (χ0n) is 21.5. The molecule has 0 spiro atoms. The van der Waals surface area contributed by atoms with E-state index in [1.807, 2.05) is 48.2 Å². The first-order valence-corrected chi connectivity index (χ1v) is 12.7. The highest BCUT2D eigenvalue weighted by atomic mass is 16.6. The molecule has 5 rings (SSSR count). The van der Waals surface area contributed by atoms with Gasteiger partial charge in [-0.15, -0.1) is 0 Å². The molecule has 0 unspecified atom stereocenters. The molecule has 7 nitrogen and oxygen atoms in total. The van der Waals surface area contributed by atoms with Gasteiger partial charge in [0.1, 0.15) is 6.79 Å². The number of aryl methyl sites for hydroxylation is 1. The van der Waals surface area contributed by atoms with Crippen LogP contribution in [0.25, 0.3) is 10.9 Å². The highest BCUT2D eigenvalue weighted by molar-refractivity contribution is 5.94. The summed E-state index contributed by atoms with van der Waals surface area (Å²) in [6.07, 6.45) is 5.58. The van der Waals surface area contributed by atoms with E-state index in [0.717, 1.165) is 55.3 Å². The van der Waals surface area contributed by atoms with Crippen molar-refractivity contribution in [1.82, 2.24) is 14.8 Å². The standard InChI is InChI=1S/C18H27N3O2.C10H9N.CH2O/c1-2-13-23-19-17-7-5-16(6-8-17)18(22)21-11-9-20(10-12-21)14-15-3-4-15;1-8-4-2-5-9-6-3-7-11-10(8)9;1-2/h5-8,15,19H,2-4,9-14H2,1H3;2-7H,1H3;1H2. The number of carbonyl (C=O) groups excluding carboxylic acids is 2. The van der Waals surface area contributed by atoms with Crippen LogP contribution in [0.4, 0.5) is 5.69 Å². The second-order valence-electron chi connectivity index (χ2n) is 9.21. The van der Waals surface area contributed by atoms with Gasteiger partial charge in [-0.2, -0.15) is 0 Å². The SMILES string of the molecule is C=O.CCCONc1ccc(C(=O)N2CCN(CC3CC3)CC2)cc1.Cc1cccc2cccnc12. The van der Waals surface area contributed by atoms with Crippen molar-refractivity contribution in [2.75, 3.05) is 44.8 Å². The molecule has 7 heteroatoms. The molecule has 1 amide bonds. The Kier molecular flexibility index (Phi) is 10.9. The second-order valence-corrected chi connectivity index (χ2v) is 9.21. The Morgan fingerprint density at radius 2 is 1.72 bits per heavy atom. The van der Waals surface area contributed by atoms with Crippen LogP contribution in [0.2, 0.25) is 0 Å². The molecule has 1 aliphatic carbocycles. The number of nitrogens with one attached hydrogen (secondary N) is 1. The molecule has 36 heavy (non-hydrogen) atoms. The molecule has 1 aliphatic heterocycles. The van der Waals surface area contributed by atoms with Crippen molar-refractivity contribution in [1.29, 1.82) is 0 Å². The number of aromatic nitrogens is 1. The molecule has 2 aromatic carbocycles. The number of hydrogen-bond acceptors (Lipinski definition) is 6. The number of piperazine rings is 1. The van der Waals surface area contributed by atoms with E-state index < -0.39 is 0 Å². The number of amides is 1. The van der Waals surface area contributed by atoms with E-state index in [2.05, 4.69) is 53.5 Å². The van der Waals surface area contributed by atoms with Gasteiger partial charge in [-0.1, -0.05) is 31.2 Å². The highest BCUT2D eigenvalue weighted by Gasteiger charge is 2.27. The highest BCUT2D eigenvalue weighted by Crippen LogP contribution is 2.30. The summed E-state index contributed by atoms with van der Waals surface area (Å²) in [6.45, 7) is 11.7. The normalized spacial score (nSPS) is 15.3. The number of carbonyl (C=O) groups is 2. The van der Waals surface area contributed by atoms with Crippen LogP contribution in [0.5, 0.6) is 0 Å². The fourth-order valence-electron chi connectivity index (χ4n) is 4.16. The minimum Gasteiger partial charge on any atom is -0.336 e. The summed E-state index contributed by atoms with van der Waals surface area (Å²) in [4.78, 5) is 34.6. The summed E-state index contributed by atoms with van der Waals surface area (Å²) in [5.74, 6) is 1.06. The first-order valence-electron chi connectivity index (χ1n) is 12.7. The van der Waals surface area contributed by atoms with Gasteiger partial charge in [0, 0.05) is 49.9 Å². The van der Waals surface area contributed by atoms with Crippen LogP contribution in [0.15, 0.2) is 60.8 Å². The molecule has 2 heterocycles. The van der Waals surface area contributed by atoms with Crippen molar-refractivity contribution in [2.24, 2.45) is 5.92 Å². The van der Waals surface area contributed by atoms with Crippen molar-refractivity contribution < 1.29 is 14.4 Å². The third kappa shape index (κ3) is 8.14. The molecule has 0 radical (unpaired) electrons. The Morgan fingerprint density at radius 3 is 2.36 bits per heavy atom. The average molecular weight is 491 g/mol. The van der Waals surface area contributed by atoms with Gasteiger partial charge in [0.15, 0.2) is 0 Å². The monoisotopic (exact) mass is 490 g/mol. The maximum atomic E-state index is 12.6. The maximum Gasteiger partial charge on any atom is 0.253 e. The Hall–Kier alpha value is -3.29. The molecule has 3 aromatic rings. The molecular formula is C29H38N4O3. The molecule has 1 saturated heterocycles. The smallest absolute Gasteiger partial charge is 0.253 e. The van der Waals surface area contributed by atoms with Crippen molar-refractivity contribution >= 4 is 29.3 Å². The van der Waals surface area contributed by atoms with Crippen LogP contribution in [0, 0.1) is 12.8 Å². The van der Waals surface area contributed by atoms with Crippen molar-refractivity contribution in [3.8, 4) is 0 Å². The number of para-hydroxylation sites is 1. The van der Waals surface area contributed by atoms with Gasteiger partial charge < -0.3 is 9.69 Å². The van der Waals surface area contributed by atoms with E-state index >= 15 is 0 Å². The summed E-state index contributed by atoms with van der Waals surface area (Å²) < 4.78 is 0. The van der Waals surface area contributed by atoms with Gasteiger partial charge >= 0.3 is 0 Å². The number of nitrogens with zero attached hydrogens (tertiary/aromatic N) is 3. The van der Waals surface area contributed by atoms with Gasteiger partial charge in [-0.05, 0) is 68.0 Å². The van der Waals surface area contributed by atoms with Gasteiger partial charge in [0.05, 0.1) is 17.8 Å². The van der Waals surface area contributed by atoms with E-state index in [4.69, 9.17) is 9.63 Å². The lowest BCUT2D eigenvalue weighted by atomic mass is 10.1. The number of rotatable bonds is 7. The molecular weight excluding hydrogens is 452 g/mol. The zero-order valence-corrected chi connectivity index (χ0v) is 21.5. The van der Waals surface area contributed by atoms with E-state index in [-0.39, 0.29) is 5.91 Å². The Morgan fingerprint density at radius 1 is 1.03 bits per heavy atom. The summed E-state index contributed by atoms with van der Waals surface area (Å²) in [5.41, 5.74) is 6.87. The largest absolute Gasteiger partial charge is 0.336 e. The second kappa shape index (κ2) is 14.3. The number of fused-ring (bicyclic) bond motifs is 1. The summed E-state index contributed by atoms with van der Waals surface area (Å²) in [5, 5.41) is 1.22. The molecule has 1 saturated carbocycles. The van der Waals surface area contributed by atoms with Crippen LogP contribution in [0.1, 0.15) is 42.1 Å². The zero-order chi connectivity index (χ0) is 25.8. The quantitative estimate of drug-likeness (QED) is 0.372. The topological polar surface area (TPSA) is 74.8 Å². The molecule has 1 N–H and O–H groups in total. The fourth-order valence-corrected chi connectivity index (χ4v) is 4.16. The minimum atomic E-state index is 0.136. The predicted molar refractivity (Wildman–Crippen MR) is 145 cm³/mol. The lowest BCUT2D eigenvalue weighted by molar-refractivity contribution is -0.0980. The van der Waals surface area contributed by atoms with Gasteiger partial charge in [0.25, 0.3) is 5.91 Å². The molecule has 1 aromatic heterocycles. The molecule has 192 valence electrons. The van der Waals surface area contributed by atoms with Gasteiger partial charge in [-0.25, -0.2) is 0 Å². The molecule has 2 fully saturated rings. The lowest BCUT2D eigenvalue weighted by Crippen LogP contribution is -2.49. The number of hydrogen-bond donors (Lipinski definition) is 1. The van der Waals surface area contributed by atoms with Crippen molar-refractivity contribution in [3.05, 3.63) is 71.9 Å². The van der Waals surface area contributed by atoms with Gasteiger partial charge in [-0.3, -0.25) is 25.0 Å². The Balaban J connectivity index is 0.000000231. The Labute approximate surface area is 214 Å². The third-order valence-corrected chi connectivity index (χ3v) is 6.34. The number of pyridine rings is 1. The van der Waals surface area contributed by atoms with E-state index in [0.29, 0.717) is 6.61 Å². The van der Waals surface area contributed by atoms with E-state index in [1.165, 1.54) is 30.3 Å². The van der Waals surface area contributed by atoms with Crippen molar-refractivity contribution in [2.45, 2.75) is 33.1 Å². The maximum absolute atomic E-state index is 12.6.